The lowest BCUT2D eigenvalue weighted by atomic mass is 10.1. The Bertz CT molecular complexity index is 1030. The van der Waals surface area contributed by atoms with Crippen molar-refractivity contribution < 1.29 is 14.3 Å². The molecule has 1 amide bonds. The zero-order valence-electron chi connectivity index (χ0n) is 17.9. The number of carbonyl (C=O) groups excluding carboxylic acids is 2. The fourth-order valence-corrected chi connectivity index (χ4v) is 3.76. The highest BCUT2D eigenvalue weighted by Gasteiger charge is 2.14. The van der Waals surface area contributed by atoms with Crippen molar-refractivity contribution >= 4 is 29.1 Å². The number of thioether (sulfide) groups is 1. The smallest absolute Gasteiger partial charge is 0.234 e. The lowest BCUT2D eigenvalue weighted by Gasteiger charge is -2.09. The Kier molecular flexibility index (Phi) is 7.83. The van der Waals surface area contributed by atoms with E-state index in [-0.39, 0.29) is 17.4 Å². The molecule has 7 nitrogen and oxygen atoms in total. The van der Waals surface area contributed by atoms with Crippen molar-refractivity contribution in [3.05, 3.63) is 65.5 Å². The van der Waals surface area contributed by atoms with Crippen LogP contribution in [0.4, 0.5) is 5.69 Å². The fraction of sp³-hybridized carbons (Fsp3) is 0.304. The van der Waals surface area contributed by atoms with E-state index in [9.17, 15) is 9.59 Å². The van der Waals surface area contributed by atoms with Gasteiger partial charge in [-0.2, -0.15) is 0 Å². The van der Waals surface area contributed by atoms with Gasteiger partial charge in [0.2, 0.25) is 5.91 Å². The maximum atomic E-state index is 12.3. The standard InChI is InChI=1S/C23H26N4O3S/c1-4-17-6-12-20(13-7-17)30-14-21-25-26-23(27(21)5-2)31-15-22(29)24-19-10-8-18(9-11-19)16(3)28/h6-13H,4-5,14-15H2,1-3H3,(H,24,29). The summed E-state index contributed by atoms with van der Waals surface area (Å²) in [5, 5.41) is 11.9. The van der Waals surface area contributed by atoms with Gasteiger partial charge in [-0.05, 0) is 62.2 Å². The van der Waals surface area contributed by atoms with Gasteiger partial charge in [0.1, 0.15) is 12.4 Å². The zero-order valence-corrected chi connectivity index (χ0v) is 18.7. The Balaban J connectivity index is 1.54. The fourth-order valence-electron chi connectivity index (χ4n) is 2.93. The van der Waals surface area contributed by atoms with Gasteiger partial charge in [-0.3, -0.25) is 9.59 Å². The first-order valence-electron chi connectivity index (χ1n) is 10.2. The average Bonchev–Trinajstić information content (AvgIpc) is 3.18. The third-order valence-electron chi connectivity index (χ3n) is 4.72. The molecule has 0 fully saturated rings. The first-order chi connectivity index (χ1) is 15.0. The Morgan fingerprint density at radius 1 is 1.03 bits per heavy atom. The number of aryl methyl sites for hydroxylation is 1. The minimum Gasteiger partial charge on any atom is -0.486 e. The molecule has 0 saturated heterocycles. The number of rotatable bonds is 10. The molecule has 1 N–H and O–H groups in total. The zero-order chi connectivity index (χ0) is 22.2. The van der Waals surface area contributed by atoms with E-state index in [0.717, 1.165) is 12.2 Å². The van der Waals surface area contributed by atoms with Crippen LogP contribution in [-0.4, -0.2) is 32.2 Å². The van der Waals surface area contributed by atoms with Gasteiger partial charge < -0.3 is 14.6 Å². The molecule has 0 saturated carbocycles. The topological polar surface area (TPSA) is 86.1 Å². The molecule has 2 aromatic carbocycles. The SMILES string of the molecule is CCc1ccc(OCc2nnc(SCC(=O)Nc3ccc(C(C)=O)cc3)n2CC)cc1. The summed E-state index contributed by atoms with van der Waals surface area (Å²) in [6.07, 6.45) is 0.988. The number of hydrogen-bond acceptors (Lipinski definition) is 6. The minimum absolute atomic E-state index is 0.00917. The largest absolute Gasteiger partial charge is 0.486 e. The third kappa shape index (κ3) is 6.18. The number of carbonyl (C=O) groups is 2. The molecule has 0 atom stereocenters. The predicted octanol–water partition coefficient (Wildman–Crippen LogP) is 4.37. The molecule has 0 bridgehead atoms. The normalized spacial score (nSPS) is 10.7. The van der Waals surface area contributed by atoms with E-state index in [0.29, 0.717) is 35.4 Å². The molecule has 0 unspecified atom stereocenters. The Labute approximate surface area is 186 Å². The van der Waals surface area contributed by atoms with E-state index in [1.807, 2.05) is 35.8 Å². The second kappa shape index (κ2) is 10.8. The summed E-state index contributed by atoms with van der Waals surface area (Å²) in [6.45, 7) is 6.61. The van der Waals surface area contributed by atoms with Crippen molar-refractivity contribution in [3.8, 4) is 5.75 Å². The Morgan fingerprint density at radius 3 is 2.35 bits per heavy atom. The lowest BCUT2D eigenvalue weighted by molar-refractivity contribution is -0.113. The van der Waals surface area contributed by atoms with E-state index < -0.39 is 0 Å². The van der Waals surface area contributed by atoms with Crippen molar-refractivity contribution in [2.45, 2.75) is 45.5 Å². The number of Topliss-reactive ketones (excluding diaryl/α,β-unsaturated/α-hetero) is 1. The van der Waals surface area contributed by atoms with Crippen LogP contribution in [0.15, 0.2) is 53.7 Å². The second-order valence-corrected chi connectivity index (χ2v) is 7.84. The summed E-state index contributed by atoms with van der Waals surface area (Å²) < 4.78 is 7.79. The highest BCUT2D eigenvalue weighted by atomic mass is 32.2. The van der Waals surface area contributed by atoms with Crippen molar-refractivity contribution in [1.82, 2.24) is 14.8 Å². The van der Waals surface area contributed by atoms with Crippen LogP contribution in [0.5, 0.6) is 5.75 Å². The van der Waals surface area contributed by atoms with Gasteiger partial charge in [0.25, 0.3) is 0 Å². The molecule has 31 heavy (non-hydrogen) atoms. The minimum atomic E-state index is -0.153. The summed E-state index contributed by atoms with van der Waals surface area (Å²) in [7, 11) is 0. The molecule has 0 aliphatic rings. The monoisotopic (exact) mass is 438 g/mol. The van der Waals surface area contributed by atoms with Gasteiger partial charge in [-0.15, -0.1) is 10.2 Å². The summed E-state index contributed by atoms with van der Waals surface area (Å²) in [5.41, 5.74) is 2.52. The number of ether oxygens (including phenoxy) is 1. The van der Waals surface area contributed by atoms with E-state index in [1.165, 1.54) is 24.2 Å². The third-order valence-corrected chi connectivity index (χ3v) is 5.68. The lowest BCUT2D eigenvalue weighted by Crippen LogP contribution is -2.15. The number of hydrogen-bond donors (Lipinski definition) is 1. The molecule has 0 aliphatic heterocycles. The van der Waals surface area contributed by atoms with Crippen molar-refractivity contribution in [2.24, 2.45) is 0 Å². The molecule has 0 aliphatic carbocycles. The highest BCUT2D eigenvalue weighted by Crippen LogP contribution is 2.20. The number of amides is 1. The molecule has 1 heterocycles. The summed E-state index contributed by atoms with van der Waals surface area (Å²) in [5.74, 6) is 1.54. The van der Waals surface area contributed by atoms with Crippen LogP contribution in [0, 0.1) is 0 Å². The number of anilines is 1. The molecular weight excluding hydrogens is 412 g/mol. The van der Waals surface area contributed by atoms with Crippen LogP contribution in [-0.2, 0) is 24.4 Å². The van der Waals surface area contributed by atoms with Crippen LogP contribution >= 0.6 is 11.8 Å². The maximum Gasteiger partial charge on any atom is 0.234 e. The van der Waals surface area contributed by atoms with Gasteiger partial charge in [-0.1, -0.05) is 30.8 Å². The molecular formula is C23H26N4O3S. The van der Waals surface area contributed by atoms with E-state index in [2.05, 4.69) is 22.4 Å². The summed E-state index contributed by atoms with van der Waals surface area (Å²) in [6, 6.07) is 14.8. The van der Waals surface area contributed by atoms with Gasteiger partial charge >= 0.3 is 0 Å². The van der Waals surface area contributed by atoms with Gasteiger partial charge in [0, 0.05) is 17.8 Å². The second-order valence-electron chi connectivity index (χ2n) is 6.90. The molecule has 0 spiro atoms. The molecule has 0 radical (unpaired) electrons. The van der Waals surface area contributed by atoms with Crippen molar-refractivity contribution in [2.75, 3.05) is 11.1 Å². The molecule has 1 aromatic heterocycles. The van der Waals surface area contributed by atoms with E-state index in [1.54, 1.807) is 24.3 Å². The number of nitrogens with zero attached hydrogens (tertiary/aromatic N) is 3. The molecule has 3 rings (SSSR count). The van der Waals surface area contributed by atoms with E-state index in [4.69, 9.17) is 4.74 Å². The van der Waals surface area contributed by atoms with Crippen LogP contribution in [0.25, 0.3) is 0 Å². The highest BCUT2D eigenvalue weighted by molar-refractivity contribution is 7.99. The Hall–Kier alpha value is -3.13. The molecule has 8 heteroatoms. The maximum absolute atomic E-state index is 12.3. The predicted molar refractivity (Wildman–Crippen MR) is 122 cm³/mol. The first kappa shape index (κ1) is 22.6. The number of aromatic nitrogens is 3. The molecule has 162 valence electrons. The number of benzene rings is 2. The van der Waals surface area contributed by atoms with E-state index >= 15 is 0 Å². The number of nitrogens with one attached hydrogen (secondary N) is 1. The molecule has 3 aromatic rings. The van der Waals surface area contributed by atoms with Gasteiger partial charge in [0.05, 0.1) is 5.75 Å². The van der Waals surface area contributed by atoms with Crippen LogP contribution in [0.3, 0.4) is 0 Å². The number of ketones is 1. The van der Waals surface area contributed by atoms with Crippen molar-refractivity contribution in [3.63, 3.8) is 0 Å². The summed E-state index contributed by atoms with van der Waals surface area (Å²) in [4.78, 5) is 23.6. The van der Waals surface area contributed by atoms with Gasteiger partial charge in [0.15, 0.2) is 16.8 Å². The summed E-state index contributed by atoms with van der Waals surface area (Å²) >= 11 is 1.32. The quantitative estimate of drug-likeness (QED) is 0.374. The van der Waals surface area contributed by atoms with Crippen LogP contribution in [0.2, 0.25) is 0 Å². The first-order valence-corrected chi connectivity index (χ1v) is 11.2. The van der Waals surface area contributed by atoms with Crippen LogP contribution in [0.1, 0.15) is 42.5 Å². The van der Waals surface area contributed by atoms with Crippen LogP contribution < -0.4 is 10.1 Å². The Morgan fingerprint density at radius 2 is 1.74 bits per heavy atom. The van der Waals surface area contributed by atoms with Crippen molar-refractivity contribution in [1.29, 1.82) is 0 Å². The average molecular weight is 439 g/mol. The van der Waals surface area contributed by atoms with Gasteiger partial charge in [-0.25, -0.2) is 0 Å².